The molecule has 2 fully saturated rings. The molecule has 0 spiro atoms. The molecule has 4 aromatic heterocycles. The van der Waals surface area contributed by atoms with Gasteiger partial charge in [0.1, 0.15) is 74.2 Å². The van der Waals surface area contributed by atoms with Crippen molar-refractivity contribution in [3.63, 3.8) is 0 Å². The van der Waals surface area contributed by atoms with Gasteiger partial charge in [0, 0.05) is 85.6 Å². The van der Waals surface area contributed by atoms with Gasteiger partial charge in [0.15, 0.2) is 0 Å². The number of halogens is 1. The van der Waals surface area contributed by atoms with Gasteiger partial charge in [-0.2, -0.15) is 15.3 Å². The number of carbonyl (C=O) groups excluding carboxylic acids is 5. The number of anilines is 3. The van der Waals surface area contributed by atoms with Gasteiger partial charge in [0.2, 0.25) is 11.8 Å². The summed E-state index contributed by atoms with van der Waals surface area (Å²) >= 11 is 5.98. The summed E-state index contributed by atoms with van der Waals surface area (Å²) in [4.78, 5) is 68.8. The summed E-state index contributed by atoms with van der Waals surface area (Å²) in [6.07, 6.45) is 6.95. The number of para-hydroxylation sites is 2. The number of amides is 5. The Morgan fingerprint density at radius 1 is 0.543 bits per heavy atom. The summed E-state index contributed by atoms with van der Waals surface area (Å²) in [7, 11) is 0. The molecular formula is C69H68ClN15O7. The van der Waals surface area contributed by atoms with Crippen LogP contribution in [-0.4, -0.2) is 119 Å². The van der Waals surface area contributed by atoms with E-state index in [0.29, 0.717) is 107 Å². The second-order valence-electron chi connectivity index (χ2n) is 23.2. The zero-order chi connectivity index (χ0) is 64.2. The molecule has 23 heteroatoms. The maximum absolute atomic E-state index is 12.5. The lowest BCUT2D eigenvalue weighted by molar-refractivity contribution is -0.135. The quantitative estimate of drug-likeness (QED) is 0.0521. The van der Waals surface area contributed by atoms with Gasteiger partial charge in [-0.05, 0) is 135 Å². The predicted molar refractivity (Wildman–Crippen MR) is 351 cm³/mol. The van der Waals surface area contributed by atoms with Crippen LogP contribution in [0.2, 0.25) is 5.02 Å². The first kappa shape index (κ1) is 61.2. The van der Waals surface area contributed by atoms with Crippen molar-refractivity contribution in [2.75, 3.05) is 61.8 Å². The van der Waals surface area contributed by atoms with Gasteiger partial charge in [-0.25, -0.2) is 14.0 Å². The number of benzene rings is 5. The smallest absolute Gasteiger partial charge is 0.254 e. The minimum atomic E-state index is -0.533. The van der Waals surface area contributed by atoms with Crippen molar-refractivity contribution in [3.8, 4) is 56.8 Å². The Kier molecular flexibility index (Phi) is 17.5. The van der Waals surface area contributed by atoms with Crippen molar-refractivity contribution in [1.82, 2.24) is 44.1 Å². The minimum Gasteiger partial charge on any atom is -0.457 e. The van der Waals surface area contributed by atoms with E-state index in [9.17, 15) is 24.0 Å². The number of carbonyl (C=O) groups is 5. The Morgan fingerprint density at radius 2 is 0.989 bits per heavy atom. The van der Waals surface area contributed by atoms with Crippen LogP contribution in [0.4, 0.5) is 17.5 Å². The summed E-state index contributed by atoms with van der Waals surface area (Å²) in [6, 6.07) is 47.1. The van der Waals surface area contributed by atoms with Crippen LogP contribution in [0.3, 0.4) is 0 Å². The summed E-state index contributed by atoms with van der Waals surface area (Å²) in [5, 5.41) is 24.9. The number of likely N-dealkylation sites (tertiary alicyclic amines) is 2. The highest BCUT2D eigenvalue weighted by atomic mass is 35.5. The third kappa shape index (κ3) is 12.3. The Bertz CT molecular complexity index is 4220. The summed E-state index contributed by atoms with van der Waals surface area (Å²) < 4.78 is 17.4. The number of nitrogens with zero attached hydrogens (tertiary/aromatic N) is 9. The average Bonchev–Trinajstić information content (AvgIpc) is 1.53. The first-order valence-electron chi connectivity index (χ1n) is 30.3. The SMILES string of the molecule is C=CC(=O)N1CC(C2(C)CCNc3c(C(N)=O)c(-c4ccc(Oc5ccccc5)cc4)nn32)C1.C=CC(=O)N1CC(C2CCNc3c(C(N)=O)c(-c4ccc(Cl)cc4)nn32)C1.NC(=O)c1c(-c2ccc(Oc3ccccc3)cc2)nn2c1NCCC2c1ccccn1. The molecule has 0 radical (unpaired) electrons. The van der Waals surface area contributed by atoms with Crippen LogP contribution in [0.25, 0.3) is 33.8 Å². The molecule has 468 valence electrons. The van der Waals surface area contributed by atoms with Crippen molar-refractivity contribution in [3.05, 3.63) is 211 Å². The van der Waals surface area contributed by atoms with Gasteiger partial charge < -0.3 is 52.4 Å². The van der Waals surface area contributed by atoms with Gasteiger partial charge in [-0.1, -0.05) is 79.4 Å². The lowest BCUT2D eigenvalue weighted by atomic mass is 9.77. The van der Waals surface area contributed by atoms with E-state index in [2.05, 4.69) is 41.0 Å². The molecule has 5 aromatic carbocycles. The molecule has 92 heavy (non-hydrogen) atoms. The van der Waals surface area contributed by atoms with Crippen LogP contribution >= 0.6 is 11.6 Å². The molecule has 0 bridgehead atoms. The number of hydrogen-bond acceptors (Lipinski definition) is 14. The Balaban J connectivity index is 0.000000134. The highest BCUT2D eigenvalue weighted by Gasteiger charge is 2.49. The van der Waals surface area contributed by atoms with Gasteiger partial charge >= 0.3 is 0 Å². The number of primary amides is 3. The largest absolute Gasteiger partial charge is 0.457 e. The first-order chi connectivity index (χ1) is 44.6. The fraction of sp³-hybridized carbons (Fsp3) is 0.232. The van der Waals surface area contributed by atoms with Crippen LogP contribution in [0, 0.1) is 11.8 Å². The zero-order valence-corrected chi connectivity index (χ0v) is 51.2. The van der Waals surface area contributed by atoms with E-state index in [1.807, 2.05) is 154 Å². The summed E-state index contributed by atoms with van der Waals surface area (Å²) in [6.45, 7) is 14.0. The van der Waals surface area contributed by atoms with E-state index in [0.717, 1.165) is 59.7 Å². The van der Waals surface area contributed by atoms with Crippen LogP contribution < -0.4 is 42.6 Å². The van der Waals surface area contributed by atoms with Gasteiger partial charge in [-0.15, -0.1) is 0 Å². The number of nitrogens with one attached hydrogen (secondary N) is 3. The number of ether oxygens (including phenoxy) is 2. The summed E-state index contributed by atoms with van der Waals surface area (Å²) in [5.41, 5.74) is 22.9. The monoisotopic (exact) mass is 1250 g/mol. The molecule has 5 aliphatic heterocycles. The fourth-order valence-corrected chi connectivity index (χ4v) is 12.6. The maximum atomic E-state index is 12.5. The minimum absolute atomic E-state index is 0.0550. The lowest BCUT2D eigenvalue weighted by Crippen LogP contribution is -2.60. The molecule has 5 aliphatic rings. The van der Waals surface area contributed by atoms with Gasteiger partial charge in [0.05, 0.1) is 23.3 Å². The van der Waals surface area contributed by atoms with Crippen LogP contribution in [0.1, 0.15) is 75.0 Å². The fourth-order valence-electron chi connectivity index (χ4n) is 12.5. The normalized spacial score (nSPS) is 17.8. The Hall–Kier alpha value is -11.0. The van der Waals surface area contributed by atoms with E-state index in [4.69, 9.17) is 53.6 Å². The van der Waals surface area contributed by atoms with E-state index in [1.54, 1.807) is 28.1 Å². The predicted octanol–water partition coefficient (Wildman–Crippen LogP) is 10.2. The molecule has 9 N–H and O–H groups in total. The molecule has 0 saturated carbocycles. The van der Waals surface area contributed by atoms with Gasteiger partial charge in [-0.3, -0.25) is 29.0 Å². The topological polar surface area (TPSA) is 291 Å². The highest BCUT2D eigenvalue weighted by Crippen LogP contribution is 2.45. The standard InChI is InChI=1S/C26H27N5O3.C24H21N5O2.C19H20ClN5O2/c1-3-21(32)30-15-18(16-30)26(2)13-14-28-25-22(24(27)33)23(29-31(25)26)17-9-11-20(12-10-17)34-19-7-5-4-6-8-19;25-23(30)21-22(16-9-11-18(12-10-16)31-17-6-2-1-3-7-17)28-29-20(13-15-27-24(21)29)19-8-4-5-14-26-19;1-2-15(26)24-9-12(10-24)14-7-8-22-19-16(18(21)27)17(23-25(14)19)11-3-5-13(20)6-4-11/h3-12,18,28H,1,13-16H2,2H3,(H2,27,33);1-12,14,20,27H,13,15H2,(H2,25,30);2-6,12,14,22H,1,7-10H2,(H2,21,27). The molecule has 5 amide bonds. The average molecular weight is 1250 g/mol. The second-order valence-corrected chi connectivity index (χ2v) is 23.6. The van der Waals surface area contributed by atoms with Crippen LogP contribution in [0.5, 0.6) is 23.0 Å². The number of aromatic nitrogens is 7. The summed E-state index contributed by atoms with van der Waals surface area (Å²) in [5.74, 6) is 3.61. The first-order valence-corrected chi connectivity index (χ1v) is 30.6. The Labute approximate surface area is 535 Å². The van der Waals surface area contributed by atoms with Crippen molar-refractivity contribution in [1.29, 1.82) is 0 Å². The van der Waals surface area contributed by atoms with Gasteiger partial charge in [0.25, 0.3) is 17.7 Å². The molecule has 9 aromatic rings. The number of fused-ring (bicyclic) bond motifs is 3. The molecule has 3 unspecified atom stereocenters. The van der Waals surface area contributed by atoms with E-state index < -0.39 is 17.7 Å². The maximum Gasteiger partial charge on any atom is 0.254 e. The second kappa shape index (κ2) is 26.2. The molecule has 0 aliphatic carbocycles. The number of nitrogens with two attached hydrogens (primary N) is 3. The molecule has 3 atom stereocenters. The third-order valence-electron chi connectivity index (χ3n) is 17.5. The lowest BCUT2D eigenvalue weighted by Gasteiger charge is -2.50. The Morgan fingerprint density at radius 3 is 1.50 bits per heavy atom. The van der Waals surface area contributed by atoms with Crippen molar-refractivity contribution in [2.45, 2.75) is 43.8 Å². The van der Waals surface area contributed by atoms with E-state index in [1.165, 1.54) is 12.2 Å². The van der Waals surface area contributed by atoms with Crippen molar-refractivity contribution < 1.29 is 33.4 Å². The molecule has 22 nitrogen and oxygen atoms in total. The third-order valence-corrected chi connectivity index (χ3v) is 17.7. The van der Waals surface area contributed by atoms with E-state index >= 15 is 0 Å². The number of pyridine rings is 1. The highest BCUT2D eigenvalue weighted by molar-refractivity contribution is 6.30. The molecule has 2 saturated heterocycles. The number of hydrogen-bond donors (Lipinski definition) is 6. The molecular weight excluding hydrogens is 1190 g/mol. The van der Waals surface area contributed by atoms with Crippen LogP contribution in [0.15, 0.2) is 183 Å². The zero-order valence-electron chi connectivity index (χ0n) is 50.5. The molecule has 14 rings (SSSR count). The molecule has 9 heterocycles. The van der Waals surface area contributed by atoms with Crippen LogP contribution in [-0.2, 0) is 15.1 Å². The van der Waals surface area contributed by atoms with E-state index in [-0.39, 0.29) is 41.3 Å². The number of rotatable bonds is 15. The van der Waals surface area contributed by atoms with Crippen molar-refractivity contribution >= 4 is 58.6 Å². The van der Waals surface area contributed by atoms with Crippen molar-refractivity contribution in [2.24, 2.45) is 29.0 Å².